The number of hydrogen-bond acceptors (Lipinski definition) is 2. The van der Waals surface area contributed by atoms with E-state index < -0.39 is 7.67 Å². The third kappa shape index (κ3) is 4.54. The van der Waals surface area contributed by atoms with Gasteiger partial charge in [-0.05, 0) is 19.3 Å². The van der Waals surface area contributed by atoms with Crippen molar-refractivity contribution in [2.45, 2.75) is 84.2 Å². The molecule has 2 saturated heterocycles. The Morgan fingerprint density at radius 3 is 1.90 bits per heavy atom. The van der Waals surface area contributed by atoms with Gasteiger partial charge in [-0.3, -0.25) is 4.57 Å². The van der Waals surface area contributed by atoms with Crippen molar-refractivity contribution in [1.29, 1.82) is 0 Å². The summed E-state index contributed by atoms with van der Waals surface area (Å²) in [5.41, 5.74) is 0. The van der Waals surface area contributed by atoms with Crippen LogP contribution in [0.25, 0.3) is 0 Å². The van der Waals surface area contributed by atoms with Crippen molar-refractivity contribution in [2.75, 3.05) is 19.7 Å². The van der Waals surface area contributed by atoms with Crippen molar-refractivity contribution in [3.8, 4) is 0 Å². The van der Waals surface area contributed by atoms with Crippen LogP contribution in [0.2, 0.25) is 0 Å². The van der Waals surface area contributed by atoms with Crippen molar-refractivity contribution >= 4 is 7.67 Å². The van der Waals surface area contributed by atoms with Gasteiger partial charge in [0, 0.05) is 25.2 Å². The molecule has 0 aliphatic carbocycles. The van der Waals surface area contributed by atoms with Crippen LogP contribution in [-0.4, -0.2) is 41.1 Å². The summed E-state index contributed by atoms with van der Waals surface area (Å²) in [4.78, 5) is 0. The van der Waals surface area contributed by atoms with Crippen LogP contribution in [0.15, 0.2) is 0 Å². The summed E-state index contributed by atoms with van der Waals surface area (Å²) < 4.78 is 23.4. The first kappa shape index (κ1) is 17.5. The molecule has 0 spiro atoms. The zero-order chi connectivity index (χ0) is 15.3. The molecule has 2 heterocycles. The number of rotatable bonds is 12. The summed E-state index contributed by atoms with van der Waals surface area (Å²) in [6, 6.07) is 0.969. The second-order valence-corrected chi connectivity index (χ2v) is 8.73. The Bertz CT molecular complexity index is 342. The number of hydrogen-bond donors (Lipinski definition) is 0. The lowest BCUT2D eigenvalue weighted by Gasteiger charge is -2.21. The van der Waals surface area contributed by atoms with Gasteiger partial charge in [0.2, 0.25) is 0 Å². The second-order valence-electron chi connectivity index (χ2n) is 6.46. The predicted octanol–water partition coefficient (Wildman–Crippen LogP) is 4.66. The summed E-state index contributed by atoms with van der Waals surface area (Å²) in [6.45, 7) is 9.14. The molecule has 4 atom stereocenters. The van der Waals surface area contributed by atoms with Crippen LogP contribution in [0.5, 0.6) is 0 Å². The summed E-state index contributed by atoms with van der Waals surface area (Å²) in [6.07, 6.45) is 9.62. The molecule has 2 fully saturated rings. The predicted molar refractivity (Wildman–Crippen MR) is 88.5 cm³/mol. The summed E-state index contributed by atoms with van der Waals surface area (Å²) in [5.74, 6) is 0. The Balaban J connectivity index is 1.72. The highest BCUT2D eigenvalue weighted by atomic mass is 31.2. The molecule has 0 bridgehead atoms. The van der Waals surface area contributed by atoms with Gasteiger partial charge in [-0.2, -0.15) is 0 Å². The average Bonchev–Trinajstić information content (AvgIpc) is 3.39. The van der Waals surface area contributed by atoms with E-state index >= 15 is 0 Å². The van der Waals surface area contributed by atoms with E-state index in [2.05, 4.69) is 30.1 Å². The first-order valence-corrected chi connectivity index (χ1v) is 10.5. The van der Waals surface area contributed by atoms with E-state index in [1.165, 1.54) is 32.1 Å². The van der Waals surface area contributed by atoms with Gasteiger partial charge in [0.05, 0.1) is 6.61 Å². The van der Waals surface area contributed by atoms with Crippen molar-refractivity contribution < 1.29 is 9.09 Å². The monoisotopic (exact) mass is 316 g/mol. The molecule has 0 aromatic carbocycles. The fourth-order valence-corrected chi connectivity index (χ4v) is 5.90. The second kappa shape index (κ2) is 8.10. The molecule has 0 radical (unpaired) electrons. The van der Waals surface area contributed by atoms with Crippen LogP contribution in [-0.2, 0) is 9.09 Å². The lowest BCUT2D eigenvalue weighted by atomic mass is 10.1. The molecule has 2 unspecified atom stereocenters. The minimum atomic E-state index is -2.68. The summed E-state index contributed by atoms with van der Waals surface area (Å²) in [5, 5.41) is 0. The van der Waals surface area contributed by atoms with E-state index in [0.717, 1.165) is 32.4 Å². The zero-order valence-corrected chi connectivity index (χ0v) is 15.0. The van der Waals surface area contributed by atoms with E-state index in [4.69, 9.17) is 4.52 Å². The maximum atomic E-state index is 13.2. The molecule has 124 valence electrons. The van der Waals surface area contributed by atoms with Crippen LogP contribution in [0, 0.1) is 0 Å². The van der Waals surface area contributed by atoms with Crippen molar-refractivity contribution in [2.24, 2.45) is 0 Å². The first-order chi connectivity index (χ1) is 10.2. The van der Waals surface area contributed by atoms with Gasteiger partial charge in [-0.1, -0.05) is 52.9 Å². The first-order valence-electron chi connectivity index (χ1n) is 8.96. The van der Waals surface area contributed by atoms with Gasteiger partial charge in [0.1, 0.15) is 0 Å². The topological polar surface area (TPSA) is 32.3 Å². The van der Waals surface area contributed by atoms with Crippen LogP contribution in [0.3, 0.4) is 0 Å². The smallest absolute Gasteiger partial charge is 0.306 e. The Morgan fingerprint density at radius 2 is 1.43 bits per heavy atom. The van der Waals surface area contributed by atoms with Crippen molar-refractivity contribution in [1.82, 2.24) is 9.34 Å². The largest absolute Gasteiger partial charge is 0.346 e. The fourth-order valence-electron chi connectivity index (χ4n) is 3.00. The third-order valence-corrected chi connectivity index (χ3v) is 7.52. The molecule has 5 heteroatoms. The van der Waals surface area contributed by atoms with E-state index in [-0.39, 0.29) is 0 Å². The van der Waals surface area contributed by atoms with E-state index in [9.17, 15) is 4.57 Å². The van der Waals surface area contributed by atoms with Crippen LogP contribution in [0.4, 0.5) is 0 Å². The van der Waals surface area contributed by atoms with Gasteiger partial charge in [-0.25, -0.2) is 9.34 Å². The molecule has 0 N–H and O–H groups in total. The van der Waals surface area contributed by atoms with E-state index in [0.29, 0.717) is 18.7 Å². The number of unbranched alkanes of at least 4 members (excludes halogenated alkanes) is 5. The highest BCUT2D eigenvalue weighted by molar-refractivity contribution is 7.54. The van der Waals surface area contributed by atoms with Crippen LogP contribution >= 0.6 is 7.67 Å². The lowest BCUT2D eigenvalue weighted by molar-refractivity contribution is 0.259. The molecule has 21 heavy (non-hydrogen) atoms. The molecular formula is C16H33N2O2P. The molecule has 2 aliphatic rings. The molecule has 4 nitrogen and oxygen atoms in total. The Hall–Kier alpha value is 0.110. The molecule has 2 aliphatic heterocycles. The zero-order valence-electron chi connectivity index (χ0n) is 14.1. The van der Waals surface area contributed by atoms with Gasteiger partial charge in [-0.15, -0.1) is 0 Å². The fraction of sp³-hybridized carbons (Fsp3) is 1.00. The maximum Gasteiger partial charge on any atom is 0.346 e. The minimum absolute atomic E-state index is 0.485. The highest BCUT2D eigenvalue weighted by Gasteiger charge is 2.57. The van der Waals surface area contributed by atoms with Crippen LogP contribution < -0.4 is 0 Å². The molecule has 0 aromatic rings. The SMILES string of the molecule is CCCCCCCCOP(=O)(N1C[C@H]1CC)N1C[C@H]1CC. The Kier molecular flexibility index (Phi) is 6.74. The van der Waals surface area contributed by atoms with Gasteiger partial charge >= 0.3 is 7.67 Å². The van der Waals surface area contributed by atoms with E-state index in [1.54, 1.807) is 0 Å². The van der Waals surface area contributed by atoms with Crippen molar-refractivity contribution in [3.63, 3.8) is 0 Å². The summed E-state index contributed by atoms with van der Waals surface area (Å²) >= 11 is 0. The molecular weight excluding hydrogens is 283 g/mol. The molecule has 2 rings (SSSR count). The van der Waals surface area contributed by atoms with Gasteiger partial charge in [0.25, 0.3) is 0 Å². The van der Waals surface area contributed by atoms with E-state index in [1.807, 2.05) is 0 Å². The average molecular weight is 316 g/mol. The Morgan fingerprint density at radius 1 is 0.905 bits per heavy atom. The summed E-state index contributed by atoms with van der Waals surface area (Å²) in [7, 11) is -2.68. The molecule has 0 amide bonds. The van der Waals surface area contributed by atoms with Crippen LogP contribution in [0.1, 0.15) is 72.1 Å². The van der Waals surface area contributed by atoms with Gasteiger partial charge in [0.15, 0.2) is 0 Å². The number of nitrogens with zero attached hydrogens (tertiary/aromatic N) is 2. The minimum Gasteiger partial charge on any atom is -0.306 e. The normalized spacial score (nSPS) is 33.7. The quantitative estimate of drug-likeness (QED) is 0.298. The Labute approximate surface area is 130 Å². The maximum absolute atomic E-state index is 13.2. The molecule has 0 aromatic heterocycles. The third-order valence-electron chi connectivity index (χ3n) is 4.72. The molecule has 0 saturated carbocycles. The van der Waals surface area contributed by atoms with Gasteiger partial charge < -0.3 is 4.52 Å². The standard InChI is InChI=1S/C16H33N2O2P/c1-4-7-8-9-10-11-12-20-21(19,17-13-15(17)5-2)18-14-16(18)6-3/h15-16H,4-14H2,1-3H3/t15-,16-,17?,18?,21?/m1/s1. The highest BCUT2D eigenvalue weighted by Crippen LogP contribution is 2.65. The lowest BCUT2D eigenvalue weighted by Crippen LogP contribution is -2.12. The van der Waals surface area contributed by atoms with Crippen molar-refractivity contribution in [3.05, 3.63) is 0 Å².